The normalized spacial score (nSPS) is 11.5. The Balaban J connectivity index is 2.19. The largest absolute Gasteiger partial charge is 0.478 e. The number of carboxylic acids is 1. The SMILES string of the molecule is CS(=O)(=O)NCCNc1cc(C(=O)O)c2ccccc2n1. The zero-order valence-corrected chi connectivity index (χ0v) is 12.1. The molecule has 112 valence electrons. The van der Waals surface area contributed by atoms with Crippen molar-refractivity contribution in [3.63, 3.8) is 0 Å². The summed E-state index contributed by atoms with van der Waals surface area (Å²) >= 11 is 0. The summed E-state index contributed by atoms with van der Waals surface area (Å²) in [6, 6.07) is 8.38. The van der Waals surface area contributed by atoms with E-state index >= 15 is 0 Å². The molecule has 2 aromatic rings. The number of carboxylic acid groups (broad SMARTS) is 1. The van der Waals surface area contributed by atoms with Crippen molar-refractivity contribution in [2.24, 2.45) is 0 Å². The fourth-order valence-electron chi connectivity index (χ4n) is 1.87. The molecule has 1 aromatic heterocycles. The van der Waals surface area contributed by atoms with Gasteiger partial charge in [-0.25, -0.2) is 22.9 Å². The second-order valence-corrected chi connectivity index (χ2v) is 6.30. The molecule has 0 bridgehead atoms. The number of hydrogen-bond acceptors (Lipinski definition) is 5. The van der Waals surface area contributed by atoms with Crippen LogP contribution in [0.5, 0.6) is 0 Å². The van der Waals surface area contributed by atoms with Crippen LogP contribution in [0, 0.1) is 0 Å². The minimum absolute atomic E-state index is 0.152. The number of aromatic nitrogens is 1. The van der Waals surface area contributed by atoms with Gasteiger partial charge >= 0.3 is 5.97 Å². The van der Waals surface area contributed by atoms with E-state index in [-0.39, 0.29) is 12.1 Å². The van der Waals surface area contributed by atoms with E-state index in [0.29, 0.717) is 23.3 Å². The minimum atomic E-state index is -3.24. The summed E-state index contributed by atoms with van der Waals surface area (Å²) < 4.78 is 24.2. The molecule has 1 heterocycles. The number of hydrogen-bond donors (Lipinski definition) is 3. The first-order valence-corrected chi connectivity index (χ1v) is 8.07. The summed E-state index contributed by atoms with van der Waals surface area (Å²) in [6.45, 7) is 0.493. The Bertz CT molecular complexity index is 774. The first-order chi connectivity index (χ1) is 9.87. The van der Waals surface area contributed by atoms with Crippen molar-refractivity contribution in [3.05, 3.63) is 35.9 Å². The van der Waals surface area contributed by atoms with Gasteiger partial charge in [0.25, 0.3) is 0 Å². The number of carbonyl (C=O) groups is 1. The molecular weight excluding hydrogens is 294 g/mol. The molecule has 21 heavy (non-hydrogen) atoms. The van der Waals surface area contributed by atoms with Crippen LogP contribution in [0.1, 0.15) is 10.4 Å². The maximum atomic E-state index is 11.3. The number of aromatic carboxylic acids is 1. The summed E-state index contributed by atoms with van der Waals surface area (Å²) in [6.07, 6.45) is 1.07. The molecule has 0 aliphatic heterocycles. The third-order valence-corrected chi connectivity index (χ3v) is 3.47. The van der Waals surface area contributed by atoms with Crippen molar-refractivity contribution in [1.29, 1.82) is 0 Å². The molecule has 0 atom stereocenters. The van der Waals surface area contributed by atoms with Crippen LogP contribution in [0.4, 0.5) is 5.82 Å². The number of benzene rings is 1. The number of pyridine rings is 1. The molecule has 3 N–H and O–H groups in total. The lowest BCUT2D eigenvalue weighted by molar-refractivity contribution is 0.0699. The number of fused-ring (bicyclic) bond motifs is 1. The van der Waals surface area contributed by atoms with E-state index in [0.717, 1.165) is 6.26 Å². The smallest absolute Gasteiger partial charge is 0.336 e. The van der Waals surface area contributed by atoms with Gasteiger partial charge in [0.1, 0.15) is 5.82 Å². The van der Waals surface area contributed by atoms with Gasteiger partial charge < -0.3 is 10.4 Å². The zero-order valence-electron chi connectivity index (χ0n) is 11.3. The predicted molar refractivity (Wildman–Crippen MR) is 80.0 cm³/mol. The molecule has 1 aromatic carbocycles. The van der Waals surface area contributed by atoms with Crippen LogP contribution in [-0.4, -0.2) is 43.8 Å². The van der Waals surface area contributed by atoms with E-state index in [1.54, 1.807) is 24.3 Å². The first-order valence-electron chi connectivity index (χ1n) is 6.18. The van der Waals surface area contributed by atoms with Crippen LogP contribution in [0.25, 0.3) is 10.9 Å². The monoisotopic (exact) mass is 309 g/mol. The fourth-order valence-corrected chi connectivity index (χ4v) is 2.34. The van der Waals surface area contributed by atoms with Gasteiger partial charge in [-0.1, -0.05) is 18.2 Å². The molecule has 0 fully saturated rings. The van der Waals surface area contributed by atoms with E-state index in [1.165, 1.54) is 6.07 Å². The molecule has 0 radical (unpaired) electrons. The van der Waals surface area contributed by atoms with Crippen LogP contribution in [-0.2, 0) is 10.0 Å². The fraction of sp³-hybridized carbons (Fsp3) is 0.231. The second kappa shape index (κ2) is 6.06. The van der Waals surface area contributed by atoms with E-state index in [2.05, 4.69) is 15.0 Å². The topological polar surface area (TPSA) is 108 Å². The zero-order chi connectivity index (χ0) is 15.5. The summed E-state index contributed by atoms with van der Waals surface area (Å²) in [5.74, 6) is -0.646. The van der Waals surface area contributed by atoms with Gasteiger partial charge in [0.05, 0.1) is 17.3 Å². The Morgan fingerprint density at radius 1 is 1.29 bits per heavy atom. The van der Waals surface area contributed by atoms with Gasteiger partial charge in [0.15, 0.2) is 0 Å². The summed E-state index contributed by atoms with van der Waals surface area (Å²) in [7, 11) is -3.24. The van der Waals surface area contributed by atoms with E-state index in [1.807, 2.05) is 0 Å². The average molecular weight is 309 g/mol. The molecule has 7 nitrogen and oxygen atoms in total. The summed E-state index contributed by atoms with van der Waals surface area (Å²) in [5.41, 5.74) is 0.718. The van der Waals surface area contributed by atoms with Crippen molar-refractivity contribution in [1.82, 2.24) is 9.71 Å². The molecule has 0 spiro atoms. The van der Waals surface area contributed by atoms with E-state index in [4.69, 9.17) is 0 Å². The number of nitrogens with one attached hydrogen (secondary N) is 2. The lowest BCUT2D eigenvalue weighted by Crippen LogP contribution is -2.27. The van der Waals surface area contributed by atoms with Crippen LogP contribution >= 0.6 is 0 Å². The number of nitrogens with zero attached hydrogens (tertiary/aromatic N) is 1. The molecular formula is C13H15N3O4S. The van der Waals surface area contributed by atoms with E-state index < -0.39 is 16.0 Å². The van der Waals surface area contributed by atoms with Gasteiger partial charge in [-0.3, -0.25) is 0 Å². The van der Waals surface area contributed by atoms with Gasteiger partial charge in [-0.05, 0) is 12.1 Å². The molecule has 0 saturated heterocycles. The highest BCUT2D eigenvalue weighted by Gasteiger charge is 2.11. The van der Waals surface area contributed by atoms with Gasteiger partial charge in [-0.15, -0.1) is 0 Å². The maximum absolute atomic E-state index is 11.3. The average Bonchev–Trinajstić information content (AvgIpc) is 2.41. The number of rotatable bonds is 6. The maximum Gasteiger partial charge on any atom is 0.336 e. The summed E-state index contributed by atoms with van der Waals surface area (Å²) in [4.78, 5) is 15.6. The van der Waals surface area contributed by atoms with Crippen molar-refractivity contribution in [3.8, 4) is 0 Å². The Hall–Kier alpha value is -2.19. The van der Waals surface area contributed by atoms with Crippen LogP contribution in [0.2, 0.25) is 0 Å². The van der Waals surface area contributed by atoms with Gasteiger partial charge in [0.2, 0.25) is 10.0 Å². The molecule has 0 aliphatic carbocycles. The van der Waals surface area contributed by atoms with Crippen LogP contribution < -0.4 is 10.0 Å². The highest BCUT2D eigenvalue weighted by molar-refractivity contribution is 7.88. The van der Waals surface area contributed by atoms with Crippen LogP contribution in [0.3, 0.4) is 0 Å². The quantitative estimate of drug-likeness (QED) is 0.684. The first kappa shape index (κ1) is 15.2. The minimum Gasteiger partial charge on any atom is -0.478 e. The molecule has 0 unspecified atom stereocenters. The Kier molecular flexibility index (Phi) is 4.39. The standard InChI is InChI=1S/C13H15N3O4S/c1-21(19,20)15-7-6-14-12-8-10(13(17)18)9-4-2-3-5-11(9)16-12/h2-5,8,15H,6-7H2,1H3,(H,14,16)(H,17,18). The third-order valence-electron chi connectivity index (χ3n) is 2.74. The number of sulfonamides is 1. The molecule has 0 saturated carbocycles. The molecule has 8 heteroatoms. The Morgan fingerprint density at radius 2 is 2.00 bits per heavy atom. The second-order valence-electron chi connectivity index (χ2n) is 4.47. The van der Waals surface area contributed by atoms with Crippen molar-refractivity contribution in [2.75, 3.05) is 24.7 Å². The highest BCUT2D eigenvalue weighted by atomic mass is 32.2. The molecule has 0 aliphatic rings. The highest BCUT2D eigenvalue weighted by Crippen LogP contribution is 2.20. The number of para-hydroxylation sites is 1. The van der Waals surface area contributed by atoms with Crippen molar-refractivity contribution >= 4 is 32.7 Å². The number of anilines is 1. The Morgan fingerprint density at radius 3 is 2.67 bits per heavy atom. The summed E-state index contributed by atoms with van der Waals surface area (Å²) in [5, 5.41) is 12.7. The lowest BCUT2D eigenvalue weighted by Gasteiger charge is -2.09. The van der Waals surface area contributed by atoms with Gasteiger partial charge in [-0.2, -0.15) is 0 Å². The van der Waals surface area contributed by atoms with Gasteiger partial charge in [0, 0.05) is 18.5 Å². The predicted octanol–water partition coefficient (Wildman–Crippen LogP) is 0.894. The van der Waals surface area contributed by atoms with Crippen molar-refractivity contribution in [2.45, 2.75) is 0 Å². The van der Waals surface area contributed by atoms with E-state index in [9.17, 15) is 18.3 Å². The van der Waals surface area contributed by atoms with Crippen molar-refractivity contribution < 1.29 is 18.3 Å². The lowest BCUT2D eigenvalue weighted by atomic mass is 10.1. The Labute approximate surface area is 122 Å². The third kappa shape index (κ3) is 4.14. The van der Waals surface area contributed by atoms with Crippen LogP contribution in [0.15, 0.2) is 30.3 Å². The molecule has 2 rings (SSSR count). The molecule has 0 amide bonds.